The summed E-state index contributed by atoms with van der Waals surface area (Å²) < 4.78 is 5.17. The summed E-state index contributed by atoms with van der Waals surface area (Å²) in [7, 11) is 1.61. The zero-order valence-corrected chi connectivity index (χ0v) is 8.84. The van der Waals surface area contributed by atoms with Crippen molar-refractivity contribution in [3.05, 3.63) is 28.8 Å². The number of rotatable bonds is 5. The van der Waals surface area contributed by atoms with Gasteiger partial charge in [-0.2, -0.15) is 0 Å². The minimum Gasteiger partial charge on any atom is -0.496 e. The van der Waals surface area contributed by atoms with Crippen molar-refractivity contribution in [2.24, 2.45) is 0 Å². The molecular weight excluding hydrogens is 202 g/mol. The highest BCUT2D eigenvalue weighted by Crippen LogP contribution is 2.25. The molecule has 0 fully saturated rings. The minimum absolute atomic E-state index is 0.118. The molecule has 0 spiro atoms. The van der Waals surface area contributed by atoms with Crippen LogP contribution in [-0.2, 0) is 6.54 Å². The molecule has 0 aliphatic rings. The normalized spacial score (nSPS) is 10.2. The van der Waals surface area contributed by atoms with Gasteiger partial charge < -0.3 is 15.2 Å². The van der Waals surface area contributed by atoms with E-state index in [9.17, 15) is 0 Å². The summed E-state index contributed by atoms with van der Waals surface area (Å²) in [5, 5.41) is 12.3. The molecule has 0 radical (unpaired) electrons. The fraction of sp³-hybridized carbons (Fsp3) is 0.400. The number of halogens is 1. The third-order valence-corrected chi connectivity index (χ3v) is 2.24. The summed E-state index contributed by atoms with van der Waals surface area (Å²) in [5.74, 6) is 0.767. The van der Waals surface area contributed by atoms with Crippen LogP contribution in [0.3, 0.4) is 0 Å². The molecule has 2 N–H and O–H groups in total. The molecular formula is C10H14ClNO2. The zero-order valence-electron chi connectivity index (χ0n) is 8.09. The Labute approximate surface area is 88.7 Å². The van der Waals surface area contributed by atoms with E-state index in [1.165, 1.54) is 0 Å². The minimum atomic E-state index is 0.118. The van der Waals surface area contributed by atoms with Crippen molar-refractivity contribution in [3.8, 4) is 5.75 Å². The molecule has 14 heavy (non-hydrogen) atoms. The lowest BCUT2D eigenvalue weighted by atomic mass is 10.2. The van der Waals surface area contributed by atoms with Gasteiger partial charge in [-0.15, -0.1) is 0 Å². The van der Waals surface area contributed by atoms with Crippen LogP contribution in [0.25, 0.3) is 0 Å². The van der Waals surface area contributed by atoms with Gasteiger partial charge in [-0.1, -0.05) is 17.7 Å². The average Bonchev–Trinajstić information content (AvgIpc) is 2.20. The van der Waals surface area contributed by atoms with Crippen LogP contribution in [-0.4, -0.2) is 25.4 Å². The molecule has 0 bridgehead atoms. The van der Waals surface area contributed by atoms with E-state index >= 15 is 0 Å². The van der Waals surface area contributed by atoms with Crippen molar-refractivity contribution < 1.29 is 9.84 Å². The van der Waals surface area contributed by atoms with Gasteiger partial charge in [0.25, 0.3) is 0 Å². The van der Waals surface area contributed by atoms with E-state index in [0.29, 0.717) is 18.1 Å². The Kier molecular flexibility index (Phi) is 4.73. The van der Waals surface area contributed by atoms with Crippen LogP contribution in [0.1, 0.15) is 5.56 Å². The molecule has 0 aliphatic carbocycles. The van der Waals surface area contributed by atoms with Crippen LogP contribution < -0.4 is 10.1 Å². The maximum absolute atomic E-state index is 8.61. The van der Waals surface area contributed by atoms with Crippen molar-refractivity contribution in [1.82, 2.24) is 5.32 Å². The lowest BCUT2D eigenvalue weighted by molar-refractivity contribution is 0.291. The quantitative estimate of drug-likeness (QED) is 0.731. The number of benzene rings is 1. The van der Waals surface area contributed by atoms with Gasteiger partial charge in [0.1, 0.15) is 5.75 Å². The van der Waals surface area contributed by atoms with Gasteiger partial charge >= 0.3 is 0 Å². The molecule has 0 heterocycles. The van der Waals surface area contributed by atoms with Gasteiger partial charge in [-0.3, -0.25) is 0 Å². The van der Waals surface area contributed by atoms with Gasteiger partial charge in [0, 0.05) is 23.7 Å². The highest BCUT2D eigenvalue weighted by molar-refractivity contribution is 6.31. The molecule has 3 nitrogen and oxygen atoms in total. The van der Waals surface area contributed by atoms with Crippen LogP contribution in [0.2, 0.25) is 5.02 Å². The molecule has 1 aromatic carbocycles. The Morgan fingerprint density at radius 1 is 1.50 bits per heavy atom. The Balaban J connectivity index is 2.72. The van der Waals surface area contributed by atoms with Gasteiger partial charge in [-0.25, -0.2) is 0 Å². The van der Waals surface area contributed by atoms with E-state index in [1.54, 1.807) is 7.11 Å². The predicted octanol–water partition coefficient (Wildman–Crippen LogP) is 1.43. The van der Waals surface area contributed by atoms with Gasteiger partial charge in [-0.05, 0) is 12.1 Å². The second-order valence-corrected chi connectivity index (χ2v) is 3.23. The van der Waals surface area contributed by atoms with E-state index in [4.69, 9.17) is 21.4 Å². The largest absolute Gasteiger partial charge is 0.496 e. The van der Waals surface area contributed by atoms with Crippen LogP contribution >= 0.6 is 11.6 Å². The first-order valence-electron chi connectivity index (χ1n) is 4.42. The standard InChI is InChI=1S/C10H14ClNO2/c1-14-10-4-2-3-9(11)8(10)7-12-5-6-13/h2-4,12-13H,5-7H2,1H3. The monoisotopic (exact) mass is 215 g/mol. The Hall–Kier alpha value is -0.770. The predicted molar refractivity (Wildman–Crippen MR) is 56.8 cm³/mol. The molecule has 1 rings (SSSR count). The van der Waals surface area contributed by atoms with E-state index in [0.717, 1.165) is 11.3 Å². The smallest absolute Gasteiger partial charge is 0.124 e. The van der Waals surface area contributed by atoms with Gasteiger partial charge in [0.15, 0.2) is 0 Å². The number of methoxy groups -OCH3 is 1. The first-order valence-corrected chi connectivity index (χ1v) is 4.80. The van der Waals surface area contributed by atoms with Crippen molar-refractivity contribution in [3.63, 3.8) is 0 Å². The molecule has 1 aromatic rings. The molecule has 4 heteroatoms. The van der Waals surface area contributed by atoms with Crippen molar-refractivity contribution >= 4 is 11.6 Å². The molecule has 0 unspecified atom stereocenters. The summed E-state index contributed by atoms with van der Waals surface area (Å²) in [4.78, 5) is 0. The van der Waals surface area contributed by atoms with E-state index in [2.05, 4.69) is 5.32 Å². The number of nitrogens with one attached hydrogen (secondary N) is 1. The fourth-order valence-corrected chi connectivity index (χ4v) is 1.43. The highest BCUT2D eigenvalue weighted by atomic mass is 35.5. The number of aliphatic hydroxyl groups excluding tert-OH is 1. The maximum atomic E-state index is 8.61. The number of hydrogen-bond acceptors (Lipinski definition) is 3. The van der Waals surface area contributed by atoms with Gasteiger partial charge in [0.05, 0.1) is 13.7 Å². The van der Waals surface area contributed by atoms with E-state index < -0.39 is 0 Å². The third kappa shape index (κ3) is 2.87. The molecule has 0 saturated heterocycles. The summed E-state index contributed by atoms with van der Waals surface area (Å²) in [5.41, 5.74) is 0.921. The fourth-order valence-electron chi connectivity index (χ4n) is 1.19. The zero-order chi connectivity index (χ0) is 10.4. The molecule has 0 amide bonds. The Morgan fingerprint density at radius 2 is 2.29 bits per heavy atom. The van der Waals surface area contributed by atoms with Crippen LogP contribution in [0.5, 0.6) is 5.75 Å². The SMILES string of the molecule is COc1cccc(Cl)c1CNCCO. The molecule has 0 aliphatic heterocycles. The first kappa shape index (κ1) is 11.3. The number of ether oxygens (including phenoxy) is 1. The van der Waals surface area contributed by atoms with E-state index in [-0.39, 0.29) is 6.61 Å². The molecule has 0 atom stereocenters. The highest BCUT2D eigenvalue weighted by Gasteiger charge is 2.05. The maximum Gasteiger partial charge on any atom is 0.124 e. The number of aliphatic hydroxyl groups is 1. The second-order valence-electron chi connectivity index (χ2n) is 2.82. The topological polar surface area (TPSA) is 41.5 Å². The van der Waals surface area contributed by atoms with Crippen LogP contribution in [0, 0.1) is 0 Å². The Bertz CT molecular complexity index is 291. The summed E-state index contributed by atoms with van der Waals surface area (Å²) in [6.07, 6.45) is 0. The van der Waals surface area contributed by atoms with Crippen molar-refractivity contribution in [1.29, 1.82) is 0 Å². The third-order valence-electron chi connectivity index (χ3n) is 1.89. The lowest BCUT2D eigenvalue weighted by Crippen LogP contribution is -2.18. The molecule has 0 saturated carbocycles. The number of hydrogen-bond donors (Lipinski definition) is 2. The molecule has 0 aromatic heterocycles. The average molecular weight is 216 g/mol. The van der Waals surface area contributed by atoms with Crippen molar-refractivity contribution in [2.45, 2.75) is 6.54 Å². The Morgan fingerprint density at radius 3 is 2.93 bits per heavy atom. The summed E-state index contributed by atoms with van der Waals surface area (Å²) >= 11 is 6.00. The summed E-state index contributed by atoms with van der Waals surface area (Å²) in [6.45, 7) is 1.27. The first-order chi connectivity index (χ1) is 6.79. The van der Waals surface area contributed by atoms with Crippen LogP contribution in [0.15, 0.2) is 18.2 Å². The van der Waals surface area contributed by atoms with Crippen molar-refractivity contribution in [2.75, 3.05) is 20.3 Å². The second kappa shape index (κ2) is 5.86. The van der Waals surface area contributed by atoms with Crippen LogP contribution in [0.4, 0.5) is 0 Å². The lowest BCUT2D eigenvalue weighted by Gasteiger charge is -2.10. The molecule has 78 valence electrons. The summed E-state index contributed by atoms with van der Waals surface area (Å²) in [6, 6.07) is 5.53. The van der Waals surface area contributed by atoms with Gasteiger partial charge in [0.2, 0.25) is 0 Å². The van der Waals surface area contributed by atoms with E-state index in [1.807, 2.05) is 18.2 Å².